The van der Waals surface area contributed by atoms with E-state index in [0.29, 0.717) is 15.6 Å². The number of aromatic nitrogens is 3. The van der Waals surface area contributed by atoms with E-state index in [4.69, 9.17) is 0 Å². The predicted molar refractivity (Wildman–Crippen MR) is 113 cm³/mol. The molecule has 0 unspecified atom stereocenters. The van der Waals surface area contributed by atoms with Gasteiger partial charge in [-0.3, -0.25) is 4.79 Å². The number of anilines is 1. The number of amides is 1. The van der Waals surface area contributed by atoms with E-state index in [2.05, 4.69) is 19.9 Å². The van der Waals surface area contributed by atoms with Crippen molar-refractivity contribution in [3.63, 3.8) is 0 Å². The second-order valence-corrected chi connectivity index (χ2v) is 7.69. The zero-order valence-corrected chi connectivity index (χ0v) is 16.8. The second-order valence-electron chi connectivity index (χ2n) is 6.69. The molecule has 2 aromatic heterocycles. The number of hydrogen-bond acceptors (Lipinski definition) is 4. The molecule has 0 aliphatic heterocycles. The SMILES string of the molecule is Cc1nc(-c2ccc(F)cc2)sc1C(=O)Nc1ccc(Cn2ccnc2C)cc1. The summed E-state index contributed by atoms with van der Waals surface area (Å²) in [5.74, 6) is 0.457. The molecular formula is C22H19FN4OS. The van der Waals surface area contributed by atoms with Crippen LogP contribution in [0.15, 0.2) is 60.9 Å². The number of nitrogens with zero attached hydrogens (tertiary/aromatic N) is 3. The first-order chi connectivity index (χ1) is 14.0. The molecule has 1 N–H and O–H groups in total. The minimum absolute atomic E-state index is 0.202. The smallest absolute Gasteiger partial charge is 0.267 e. The van der Waals surface area contributed by atoms with E-state index in [1.54, 1.807) is 25.3 Å². The maximum atomic E-state index is 13.1. The van der Waals surface area contributed by atoms with Gasteiger partial charge in [0.15, 0.2) is 0 Å². The Kier molecular flexibility index (Phi) is 5.22. The van der Waals surface area contributed by atoms with E-state index < -0.39 is 0 Å². The van der Waals surface area contributed by atoms with Crippen molar-refractivity contribution in [3.8, 4) is 10.6 Å². The molecule has 0 aliphatic carbocycles. The molecule has 4 aromatic rings. The fourth-order valence-corrected chi connectivity index (χ4v) is 3.94. The molecule has 0 aliphatic rings. The largest absolute Gasteiger partial charge is 0.331 e. The van der Waals surface area contributed by atoms with Crippen LogP contribution < -0.4 is 5.32 Å². The van der Waals surface area contributed by atoms with Crippen LogP contribution in [0.4, 0.5) is 10.1 Å². The number of aryl methyl sites for hydroxylation is 2. The molecule has 0 saturated heterocycles. The fraction of sp³-hybridized carbons (Fsp3) is 0.136. The Morgan fingerprint density at radius 2 is 1.83 bits per heavy atom. The van der Waals surface area contributed by atoms with E-state index in [-0.39, 0.29) is 11.7 Å². The first-order valence-corrected chi connectivity index (χ1v) is 9.92. The van der Waals surface area contributed by atoms with Gasteiger partial charge in [0.05, 0.1) is 5.69 Å². The van der Waals surface area contributed by atoms with Gasteiger partial charge in [0.1, 0.15) is 21.5 Å². The van der Waals surface area contributed by atoms with Gasteiger partial charge in [-0.05, 0) is 55.8 Å². The monoisotopic (exact) mass is 406 g/mol. The molecular weight excluding hydrogens is 387 g/mol. The van der Waals surface area contributed by atoms with Gasteiger partial charge in [-0.2, -0.15) is 0 Å². The van der Waals surface area contributed by atoms with Crippen molar-refractivity contribution < 1.29 is 9.18 Å². The van der Waals surface area contributed by atoms with Crippen molar-refractivity contribution in [2.24, 2.45) is 0 Å². The first-order valence-electron chi connectivity index (χ1n) is 9.11. The summed E-state index contributed by atoms with van der Waals surface area (Å²) in [5.41, 5.74) is 3.28. The minimum Gasteiger partial charge on any atom is -0.331 e. The molecule has 0 fully saturated rings. The van der Waals surface area contributed by atoms with E-state index in [9.17, 15) is 9.18 Å². The van der Waals surface area contributed by atoms with Gasteiger partial charge >= 0.3 is 0 Å². The third kappa shape index (κ3) is 4.25. The Balaban J connectivity index is 1.46. The number of hydrogen-bond donors (Lipinski definition) is 1. The zero-order chi connectivity index (χ0) is 20.4. The number of carbonyl (C=O) groups excluding carboxylic acids is 1. The molecule has 4 rings (SSSR count). The standard InChI is InChI=1S/C22H19FN4OS/c1-14-20(29-22(25-14)17-5-7-18(23)8-6-17)21(28)26-19-9-3-16(4-10-19)13-27-12-11-24-15(27)2/h3-12H,13H2,1-2H3,(H,26,28). The number of carbonyl (C=O) groups is 1. The summed E-state index contributed by atoms with van der Waals surface area (Å²) in [6.45, 7) is 4.50. The Hall–Kier alpha value is -3.32. The van der Waals surface area contributed by atoms with Gasteiger partial charge in [-0.25, -0.2) is 14.4 Å². The molecule has 1 amide bonds. The summed E-state index contributed by atoms with van der Waals surface area (Å²) in [7, 11) is 0. The van der Waals surface area contributed by atoms with Crippen LogP contribution in [0.5, 0.6) is 0 Å². The van der Waals surface area contributed by atoms with E-state index >= 15 is 0 Å². The summed E-state index contributed by atoms with van der Waals surface area (Å²) in [5, 5.41) is 3.62. The lowest BCUT2D eigenvalue weighted by molar-refractivity contribution is 0.103. The highest BCUT2D eigenvalue weighted by atomic mass is 32.1. The van der Waals surface area contributed by atoms with Crippen LogP contribution in [0.1, 0.15) is 26.8 Å². The molecule has 2 heterocycles. The van der Waals surface area contributed by atoms with Crippen molar-refractivity contribution in [1.29, 1.82) is 0 Å². The normalized spacial score (nSPS) is 10.9. The Bertz CT molecular complexity index is 1150. The number of nitrogens with one attached hydrogen (secondary N) is 1. The van der Waals surface area contributed by atoms with Gasteiger partial charge < -0.3 is 9.88 Å². The lowest BCUT2D eigenvalue weighted by Crippen LogP contribution is -2.11. The Morgan fingerprint density at radius 1 is 1.10 bits per heavy atom. The molecule has 146 valence electrons. The fourth-order valence-electron chi connectivity index (χ4n) is 2.97. The summed E-state index contributed by atoms with van der Waals surface area (Å²) in [6.07, 6.45) is 3.72. The highest BCUT2D eigenvalue weighted by Gasteiger charge is 2.16. The number of imidazole rings is 1. The molecule has 0 atom stereocenters. The maximum Gasteiger partial charge on any atom is 0.267 e. The molecule has 29 heavy (non-hydrogen) atoms. The second kappa shape index (κ2) is 7.97. The average Bonchev–Trinajstić information content (AvgIpc) is 3.29. The van der Waals surface area contributed by atoms with Crippen LogP contribution in [0, 0.1) is 19.7 Å². The summed E-state index contributed by atoms with van der Waals surface area (Å²) < 4.78 is 15.2. The lowest BCUT2D eigenvalue weighted by Gasteiger charge is -2.08. The van der Waals surface area contributed by atoms with Gasteiger partial charge in [-0.1, -0.05) is 12.1 Å². The lowest BCUT2D eigenvalue weighted by atomic mass is 10.2. The molecule has 0 bridgehead atoms. The van der Waals surface area contributed by atoms with Crippen LogP contribution in [0.2, 0.25) is 0 Å². The van der Waals surface area contributed by atoms with Crippen molar-refractivity contribution >= 4 is 22.9 Å². The highest BCUT2D eigenvalue weighted by molar-refractivity contribution is 7.17. The van der Waals surface area contributed by atoms with E-state index in [0.717, 1.165) is 29.2 Å². The molecule has 2 aromatic carbocycles. The van der Waals surface area contributed by atoms with Crippen molar-refractivity contribution in [1.82, 2.24) is 14.5 Å². The van der Waals surface area contributed by atoms with E-state index in [1.807, 2.05) is 37.4 Å². The number of benzene rings is 2. The quantitative estimate of drug-likeness (QED) is 0.504. The number of halogens is 1. The van der Waals surface area contributed by atoms with Crippen LogP contribution >= 0.6 is 11.3 Å². The van der Waals surface area contributed by atoms with Crippen molar-refractivity contribution in [2.45, 2.75) is 20.4 Å². The first kappa shape index (κ1) is 19.0. The van der Waals surface area contributed by atoms with Crippen LogP contribution in [-0.4, -0.2) is 20.4 Å². The molecule has 0 saturated carbocycles. The minimum atomic E-state index is -0.299. The van der Waals surface area contributed by atoms with Gasteiger partial charge in [0.25, 0.3) is 5.91 Å². The Labute approximate surface area is 171 Å². The van der Waals surface area contributed by atoms with Gasteiger partial charge in [0, 0.05) is 30.2 Å². The average molecular weight is 406 g/mol. The molecule has 5 nitrogen and oxygen atoms in total. The van der Waals surface area contributed by atoms with Crippen molar-refractivity contribution in [3.05, 3.63) is 88.7 Å². The molecule has 0 spiro atoms. The van der Waals surface area contributed by atoms with E-state index in [1.165, 1.54) is 23.5 Å². The van der Waals surface area contributed by atoms with Gasteiger partial charge in [-0.15, -0.1) is 11.3 Å². The third-order valence-corrected chi connectivity index (χ3v) is 5.79. The summed E-state index contributed by atoms with van der Waals surface area (Å²) >= 11 is 1.30. The third-order valence-electron chi connectivity index (χ3n) is 4.58. The van der Waals surface area contributed by atoms with Crippen LogP contribution in [-0.2, 0) is 6.54 Å². The zero-order valence-electron chi connectivity index (χ0n) is 16.0. The van der Waals surface area contributed by atoms with Crippen LogP contribution in [0.3, 0.4) is 0 Å². The Morgan fingerprint density at radius 3 is 2.48 bits per heavy atom. The topological polar surface area (TPSA) is 59.8 Å². The summed E-state index contributed by atoms with van der Waals surface area (Å²) in [4.78, 5) is 21.9. The number of thiazole rings is 1. The maximum absolute atomic E-state index is 13.1. The summed E-state index contributed by atoms with van der Waals surface area (Å²) in [6, 6.07) is 13.8. The predicted octanol–water partition coefficient (Wildman–Crippen LogP) is 5.06. The number of rotatable bonds is 5. The van der Waals surface area contributed by atoms with Gasteiger partial charge in [0.2, 0.25) is 0 Å². The highest BCUT2D eigenvalue weighted by Crippen LogP contribution is 2.28. The molecule has 0 radical (unpaired) electrons. The molecule has 7 heteroatoms. The van der Waals surface area contributed by atoms with Crippen LogP contribution in [0.25, 0.3) is 10.6 Å². The van der Waals surface area contributed by atoms with Crippen molar-refractivity contribution in [2.75, 3.05) is 5.32 Å².